The maximum absolute atomic E-state index is 5.06. The molecule has 0 atom stereocenters. The van der Waals surface area contributed by atoms with E-state index in [9.17, 15) is 0 Å². The Labute approximate surface area is 300 Å². The minimum atomic E-state index is 0.620. The van der Waals surface area contributed by atoms with Gasteiger partial charge in [0.15, 0.2) is 17.5 Å². The van der Waals surface area contributed by atoms with Crippen molar-refractivity contribution < 1.29 is 0 Å². The van der Waals surface area contributed by atoms with E-state index in [-0.39, 0.29) is 0 Å². The van der Waals surface area contributed by atoms with Crippen molar-refractivity contribution in [2.24, 2.45) is 0 Å². The quantitative estimate of drug-likeness (QED) is 0.178. The molecule has 3 heterocycles. The molecule has 0 saturated carbocycles. The van der Waals surface area contributed by atoms with Gasteiger partial charge in [-0.3, -0.25) is 0 Å². The number of benzene rings is 7. The average Bonchev–Trinajstić information content (AvgIpc) is 3.74. The van der Waals surface area contributed by atoms with E-state index in [2.05, 4.69) is 137 Å². The first-order valence-electron chi connectivity index (χ1n) is 17.5. The lowest BCUT2D eigenvalue weighted by atomic mass is 10.1. The highest BCUT2D eigenvalue weighted by Crippen LogP contribution is 2.43. The Balaban J connectivity index is 1.25. The van der Waals surface area contributed by atoms with Gasteiger partial charge in [0.1, 0.15) is 0 Å². The number of fused-ring (bicyclic) bond motifs is 4. The van der Waals surface area contributed by atoms with Crippen molar-refractivity contribution in [1.29, 1.82) is 0 Å². The van der Waals surface area contributed by atoms with Crippen molar-refractivity contribution in [2.75, 3.05) is 0 Å². The second-order valence-corrected chi connectivity index (χ2v) is 12.9. The minimum Gasteiger partial charge on any atom is -0.307 e. The molecule has 0 bridgehead atoms. The molecule has 5 heteroatoms. The van der Waals surface area contributed by atoms with Gasteiger partial charge in [0.05, 0.1) is 27.9 Å². The summed E-state index contributed by atoms with van der Waals surface area (Å²) in [5.74, 6) is 1.90. The van der Waals surface area contributed by atoms with Gasteiger partial charge in [0.2, 0.25) is 0 Å². The normalized spacial score (nSPS) is 11.5. The lowest BCUT2D eigenvalue weighted by Gasteiger charge is -2.16. The molecule has 0 spiro atoms. The maximum Gasteiger partial charge on any atom is 0.164 e. The van der Waals surface area contributed by atoms with Crippen LogP contribution in [0.5, 0.6) is 0 Å². The Morgan fingerprint density at radius 1 is 0.308 bits per heavy atom. The summed E-state index contributed by atoms with van der Waals surface area (Å²) >= 11 is 0. The second-order valence-electron chi connectivity index (χ2n) is 12.9. The van der Waals surface area contributed by atoms with Crippen LogP contribution in [0.25, 0.3) is 89.5 Å². The molecular weight excluding hydrogens is 635 g/mol. The molecule has 0 N–H and O–H groups in total. The Kier molecular flexibility index (Phi) is 7.07. The number of nitrogens with zero attached hydrogens (tertiary/aromatic N) is 5. The van der Waals surface area contributed by atoms with Crippen LogP contribution in [0.1, 0.15) is 0 Å². The van der Waals surface area contributed by atoms with Crippen LogP contribution in [0, 0.1) is 0 Å². The molecule has 0 radical (unpaired) electrons. The van der Waals surface area contributed by atoms with Crippen molar-refractivity contribution >= 4 is 32.7 Å². The molecule has 3 aromatic heterocycles. The van der Waals surface area contributed by atoms with E-state index in [1.807, 2.05) is 60.7 Å². The molecule has 0 aliphatic heterocycles. The zero-order valence-corrected chi connectivity index (χ0v) is 28.1. The fourth-order valence-corrected chi connectivity index (χ4v) is 7.46. The molecule has 10 rings (SSSR count). The Morgan fingerprint density at radius 3 is 1.25 bits per heavy atom. The first-order chi connectivity index (χ1) is 25.8. The standard InChI is InChI=1S/C47H31N5/c1-4-17-32(18-5-1)43-44(52-40-28-13-10-25-37(40)38-26-11-14-29-41(38)52)39-27-12-15-30-42(39)51(43)36-24-16-23-35(31-36)47-49-45(33-19-6-2-7-20-33)48-46(50-47)34-21-8-3-9-22-34/h1-31H. The van der Waals surface area contributed by atoms with Gasteiger partial charge >= 0.3 is 0 Å². The molecule has 10 aromatic rings. The summed E-state index contributed by atoms with van der Waals surface area (Å²) in [6.07, 6.45) is 0. The SMILES string of the molecule is c1ccc(-c2nc(-c3ccccc3)nc(-c3cccc(-n4c(-c5ccccc5)c(-n5c6ccccc6c6ccccc65)c5ccccc54)c3)n2)cc1. The summed E-state index contributed by atoms with van der Waals surface area (Å²) in [5, 5.41) is 3.62. The monoisotopic (exact) mass is 665 g/mol. The molecular formula is C47H31N5. The van der Waals surface area contributed by atoms with Gasteiger partial charge < -0.3 is 9.13 Å². The van der Waals surface area contributed by atoms with Crippen LogP contribution in [0.15, 0.2) is 188 Å². The predicted molar refractivity (Wildman–Crippen MR) is 213 cm³/mol. The van der Waals surface area contributed by atoms with E-state index in [1.165, 1.54) is 21.8 Å². The van der Waals surface area contributed by atoms with Gasteiger partial charge in [0, 0.05) is 44.1 Å². The molecule has 0 fully saturated rings. The van der Waals surface area contributed by atoms with Gasteiger partial charge in [0.25, 0.3) is 0 Å². The van der Waals surface area contributed by atoms with E-state index >= 15 is 0 Å². The molecule has 0 saturated heterocycles. The molecule has 5 nitrogen and oxygen atoms in total. The highest BCUT2D eigenvalue weighted by molar-refractivity contribution is 6.12. The first kappa shape index (κ1) is 29.8. The third-order valence-corrected chi connectivity index (χ3v) is 9.76. The Hall–Kier alpha value is -7.11. The lowest BCUT2D eigenvalue weighted by Crippen LogP contribution is -2.02. The van der Waals surface area contributed by atoms with Crippen molar-refractivity contribution in [2.45, 2.75) is 0 Å². The van der Waals surface area contributed by atoms with Gasteiger partial charge in [-0.25, -0.2) is 15.0 Å². The smallest absolute Gasteiger partial charge is 0.164 e. The summed E-state index contributed by atoms with van der Waals surface area (Å²) in [6.45, 7) is 0. The number of rotatable bonds is 6. The zero-order valence-electron chi connectivity index (χ0n) is 28.1. The van der Waals surface area contributed by atoms with E-state index < -0.39 is 0 Å². The lowest BCUT2D eigenvalue weighted by molar-refractivity contribution is 1.07. The van der Waals surface area contributed by atoms with Crippen LogP contribution in [-0.4, -0.2) is 24.1 Å². The van der Waals surface area contributed by atoms with Crippen LogP contribution in [-0.2, 0) is 0 Å². The fourth-order valence-electron chi connectivity index (χ4n) is 7.46. The number of aromatic nitrogens is 5. The van der Waals surface area contributed by atoms with Crippen LogP contribution in [0.2, 0.25) is 0 Å². The van der Waals surface area contributed by atoms with E-state index in [4.69, 9.17) is 15.0 Å². The predicted octanol–water partition coefficient (Wildman–Crippen LogP) is 11.6. The first-order valence-corrected chi connectivity index (χ1v) is 17.5. The fraction of sp³-hybridized carbons (Fsp3) is 0. The van der Waals surface area contributed by atoms with Crippen molar-refractivity contribution in [3.63, 3.8) is 0 Å². The largest absolute Gasteiger partial charge is 0.307 e. The van der Waals surface area contributed by atoms with Crippen LogP contribution >= 0.6 is 0 Å². The van der Waals surface area contributed by atoms with E-state index in [0.717, 1.165) is 50.2 Å². The second kappa shape index (κ2) is 12.3. The minimum absolute atomic E-state index is 0.620. The summed E-state index contributed by atoms with van der Waals surface area (Å²) in [7, 11) is 0. The van der Waals surface area contributed by atoms with Gasteiger partial charge in [-0.05, 0) is 30.3 Å². The van der Waals surface area contributed by atoms with Gasteiger partial charge in [-0.15, -0.1) is 0 Å². The van der Waals surface area contributed by atoms with Crippen LogP contribution < -0.4 is 0 Å². The molecule has 244 valence electrons. The highest BCUT2D eigenvalue weighted by atomic mass is 15.1. The summed E-state index contributed by atoms with van der Waals surface area (Å²) in [5.41, 5.74) is 10.6. The third-order valence-electron chi connectivity index (χ3n) is 9.76. The van der Waals surface area contributed by atoms with Crippen LogP contribution in [0.3, 0.4) is 0 Å². The van der Waals surface area contributed by atoms with Crippen molar-refractivity contribution in [3.8, 4) is 56.8 Å². The summed E-state index contributed by atoms with van der Waals surface area (Å²) in [6, 6.07) is 65.6. The summed E-state index contributed by atoms with van der Waals surface area (Å²) < 4.78 is 4.84. The van der Waals surface area contributed by atoms with Gasteiger partial charge in [-0.2, -0.15) is 0 Å². The number of para-hydroxylation sites is 3. The molecule has 52 heavy (non-hydrogen) atoms. The van der Waals surface area contributed by atoms with Gasteiger partial charge in [-0.1, -0.05) is 158 Å². The topological polar surface area (TPSA) is 48.5 Å². The van der Waals surface area contributed by atoms with Crippen molar-refractivity contribution in [3.05, 3.63) is 188 Å². The average molecular weight is 666 g/mol. The Bertz CT molecular complexity index is 2780. The van der Waals surface area contributed by atoms with E-state index in [1.54, 1.807) is 0 Å². The number of hydrogen-bond donors (Lipinski definition) is 0. The number of hydrogen-bond acceptors (Lipinski definition) is 3. The zero-order chi connectivity index (χ0) is 34.4. The third kappa shape index (κ3) is 4.90. The maximum atomic E-state index is 5.06. The summed E-state index contributed by atoms with van der Waals surface area (Å²) in [4.78, 5) is 15.0. The molecule has 7 aromatic carbocycles. The molecule has 0 aliphatic rings. The van der Waals surface area contributed by atoms with E-state index in [0.29, 0.717) is 17.5 Å². The highest BCUT2D eigenvalue weighted by Gasteiger charge is 2.24. The molecule has 0 unspecified atom stereocenters. The molecule has 0 aliphatic carbocycles. The van der Waals surface area contributed by atoms with Crippen LogP contribution in [0.4, 0.5) is 0 Å². The van der Waals surface area contributed by atoms with Crippen molar-refractivity contribution in [1.82, 2.24) is 24.1 Å². The molecule has 0 amide bonds. The Morgan fingerprint density at radius 2 is 0.712 bits per heavy atom.